The van der Waals surface area contributed by atoms with Crippen molar-refractivity contribution >= 4 is 23.9 Å². The highest BCUT2D eigenvalue weighted by Gasteiger charge is 2.53. The molecule has 0 radical (unpaired) electrons. The van der Waals surface area contributed by atoms with Crippen molar-refractivity contribution in [2.75, 3.05) is 28.3 Å². The topological polar surface area (TPSA) is 124 Å². The van der Waals surface area contributed by atoms with Gasteiger partial charge in [0.1, 0.15) is 25.3 Å². The van der Waals surface area contributed by atoms with Gasteiger partial charge in [0.2, 0.25) is 0 Å². The number of esters is 4. The van der Waals surface area contributed by atoms with Gasteiger partial charge in [-0.05, 0) is 42.8 Å². The molecule has 2 aromatic carbocycles. The molecule has 0 N–H and O–H groups in total. The first-order valence-corrected chi connectivity index (χ1v) is 19.1. The monoisotopic (exact) mass is 894 g/mol. The lowest BCUT2D eigenvalue weighted by molar-refractivity contribution is -0.961. The van der Waals surface area contributed by atoms with Crippen molar-refractivity contribution in [3.05, 3.63) is 47.5 Å². The Balaban J connectivity index is 0.00000336. The van der Waals surface area contributed by atoms with E-state index in [1.165, 1.54) is 13.8 Å². The average Bonchev–Trinajstić information content (AvgIpc) is 3.33. The molecule has 0 aliphatic carbocycles. The molecule has 4 fully saturated rings. The summed E-state index contributed by atoms with van der Waals surface area (Å²) in [5, 5.41) is 0. The quantitative estimate of drug-likeness (QED) is 0.143. The SMILES string of the molecule is COc1cc(C[N+]2(C)C3CCC2CC(OC(=O)CCCC(=O)OC2CC4CCC(C2)[N+]4(C)Cc2ccc(OC(C)=O)c(OC)c2)C3)ccc1OC(C)=O.[Br-].[Br-]. The summed E-state index contributed by atoms with van der Waals surface area (Å²) in [6.45, 7) is 4.38. The van der Waals surface area contributed by atoms with Gasteiger partial charge in [-0.3, -0.25) is 19.2 Å². The summed E-state index contributed by atoms with van der Waals surface area (Å²) in [5.74, 6) is 0.640. The molecule has 4 bridgehead atoms. The molecule has 14 heteroatoms. The molecule has 4 aliphatic heterocycles. The van der Waals surface area contributed by atoms with Crippen LogP contribution in [-0.2, 0) is 41.7 Å². The zero-order valence-electron chi connectivity index (χ0n) is 32.9. The Labute approximate surface area is 345 Å². The summed E-state index contributed by atoms with van der Waals surface area (Å²) < 4.78 is 35.3. The van der Waals surface area contributed by atoms with E-state index >= 15 is 0 Å². The van der Waals surface area contributed by atoms with Crippen LogP contribution in [0.5, 0.6) is 23.0 Å². The number of fused-ring (bicyclic) bond motifs is 4. The largest absolute Gasteiger partial charge is 1.00 e. The number of rotatable bonds is 14. The van der Waals surface area contributed by atoms with Crippen LogP contribution in [0.1, 0.15) is 95.6 Å². The van der Waals surface area contributed by atoms with Gasteiger partial charge in [0, 0.05) is 89.2 Å². The number of halogens is 2. The summed E-state index contributed by atoms with van der Waals surface area (Å²) in [6.07, 6.45) is 8.20. The van der Waals surface area contributed by atoms with Gasteiger partial charge in [0.15, 0.2) is 23.0 Å². The normalized spacial score (nSPS) is 28.8. The minimum Gasteiger partial charge on any atom is -1.00 e. The van der Waals surface area contributed by atoms with Crippen molar-refractivity contribution in [2.24, 2.45) is 0 Å². The first-order valence-electron chi connectivity index (χ1n) is 19.1. The van der Waals surface area contributed by atoms with Crippen molar-refractivity contribution in [3.63, 3.8) is 0 Å². The first-order chi connectivity index (χ1) is 25.3. The Kier molecular flexibility index (Phi) is 15.2. The van der Waals surface area contributed by atoms with Crippen LogP contribution in [0.2, 0.25) is 0 Å². The zero-order chi connectivity index (χ0) is 37.9. The van der Waals surface area contributed by atoms with Gasteiger partial charge >= 0.3 is 23.9 Å². The van der Waals surface area contributed by atoms with Crippen LogP contribution >= 0.6 is 0 Å². The van der Waals surface area contributed by atoms with Crippen LogP contribution in [0.3, 0.4) is 0 Å². The van der Waals surface area contributed by atoms with E-state index in [9.17, 15) is 19.2 Å². The van der Waals surface area contributed by atoms with E-state index in [4.69, 9.17) is 28.4 Å². The van der Waals surface area contributed by atoms with Gasteiger partial charge in [-0.2, -0.15) is 0 Å². The fraction of sp³-hybridized carbons (Fsp3) is 0.610. The maximum atomic E-state index is 12.9. The minimum absolute atomic E-state index is 0. The van der Waals surface area contributed by atoms with Crippen molar-refractivity contribution in [3.8, 4) is 23.0 Å². The van der Waals surface area contributed by atoms with E-state index in [1.54, 1.807) is 26.4 Å². The van der Waals surface area contributed by atoms with Gasteiger partial charge in [0.25, 0.3) is 0 Å². The van der Waals surface area contributed by atoms with E-state index in [0.29, 0.717) is 53.6 Å². The average molecular weight is 897 g/mol. The summed E-state index contributed by atoms with van der Waals surface area (Å²) in [7, 11) is 7.73. The highest BCUT2D eigenvalue weighted by atomic mass is 79.9. The zero-order valence-corrected chi connectivity index (χ0v) is 36.0. The van der Waals surface area contributed by atoms with E-state index < -0.39 is 0 Å². The maximum Gasteiger partial charge on any atom is 0.308 e. The molecular weight excluding hydrogens is 840 g/mol. The predicted molar refractivity (Wildman–Crippen MR) is 194 cm³/mol. The molecule has 0 saturated carbocycles. The Morgan fingerprint density at radius 2 is 0.927 bits per heavy atom. The van der Waals surface area contributed by atoms with E-state index in [-0.39, 0.29) is 82.9 Å². The molecule has 12 nitrogen and oxygen atoms in total. The number of benzene rings is 2. The van der Waals surface area contributed by atoms with Crippen molar-refractivity contribution in [1.29, 1.82) is 0 Å². The standard InChI is InChI=1S/C41H56N2O10.2BrH/c1-26(44)50-36-16-10-28(18-38(36)48-5)24-42(3)30-12-13-31(42)21-34(20-30)52-40(46)8-7-9-41(47)53-35-22-32-14-15-33(23-35)43(32,4)25-29-11-17-37(51-27(2)45)39(19-29)49-6;;/h10-11,16-19,30-35H,7-9,12-15,20-25H2,1-6H3;2*1H/q+2;;/p-2. The lowest BCUT2D eigenvalue weighted by Gasteiger charge is -2.47. The van der Waals surface area contributed by atoms with E-state index in [0.717, 1.165) is 84.5 Å². The summed E-state index contributed by atoms with van der Waals surface area (Å²) in [5.41, 5.74) is 2.22. The molecule has 0 amide bonds. The van der Waals surface area contributed by atoms with Gasteiger partial charge in [-0.25, -0.2) is 0 Å². The number of carbonyl (C=O) groups excluding carboxylic acids is 4. The molecular formula is C41H56Br2N2O10. The molecule has 2 aromatic rings. The number of methoxy groups -OCH3 is 2. The molecule has 4 aliphatic rings. The first kappa shape index (κ1) is 44.5. The molecule has 304 valence electrons. The summed E-state index contributed by atoms with van der Waals surface area (Å²) in [4.78, 5) is 48.8. The number of ether oxygens (including phenoxy) is 6. The Morgan fingerprint density at radius 3 is 1.24 bits per heavy atom. The molecule has 55 heavy (non-hydrogen) atoms. The van der Waals surface area contributed by atoms with Gasteiger partial charge in [-0.15, -0.1) is 0 Å². The number of piperidine rings is 2. The Morgan fingerprint density at radius 1 is 0.582 bits per heavy atom. The second-order valence-corrected chi connectivity index (χ2v) is 16.0. The molecule has 6 rings (SSSR count). The molecule has 0 aromatic heterocycles. The van der Waals surface area contributed by atoms with Crippen LogP contribution in [0.4, 0.5) is 0 Å². The minimum atomic E-state index is -0.388. The summed E-state index contributed by atoms with van der Waals surface area (Å²) in [6, 6.07) is 13.0. The number of carbonyl (C=O) groups is 4. The predicted octanol–water partition coefficient (Wildman–Crippen LogP) is -0.201. The number of hydrogen-bond donors (Lipinski definition) is 0. The van der Waals surface area contributed by atoms with Crippen LogP contribution in [-0.4, -0.2) is 97.5 Å². The number of quaternary nitrogens is 2. The van der Waals surface area contributed by atoms with Crippen molar-refractivity contribution in [1.82, 2.24) is 0 Å². The fourth-order valence-corrected chi connectivity index (χ4v) is 9.85. The Hall–Kier alpha value is -3.20. The van der Waals surface area contributed by atoms with Crippen LogP contribution < -0.4 is 52.9 Å². The third-order valence-electron chi connectivity index (χ3n) is 12.5. The van der Waals surface area contributed by atoms with E-state index in [2.05, 4.69) is 14.1 Å². The smallest absolute Gasteiger partial charge is 0.308 e. The lowest BCUT2D eigenvalue weighted by Crippen LogP contribution is -3.00. The van der Waals surface area contributed by atoms with Gasteiger partial charge in [0.05, 0.1) is 52.5 Å². The molecule has 4 unspecified atom stereocenters. The van der Waals surface area contributed by atoms with Gasteiger partial charge < -0.3 is 71.4 Å². The van der Waals surface area contributed by atoms with Gasteiger partial charge in [-0.1, -0.05) is 0 Å². The second kappa shape index (κ2) is 18.8. The van der Waals surface area contributed by atoms with E-state index in [1.807, 2.05) is 24.3 Å². The third kappa shape index (κ3) is 10.2. The number of hydrogen-bond acceptors (Lipinski definition) is 10. The maximum absolute atomic E-state index is 12.9. The van der Waals surface area contributed by atoms with Crippen LogP contribution in [0, 0.1) is 0 Å². The highest BCUT2D eigenvalue weighted by Crippen LogP contribution is 2.46. The van der Waals surface area contributed by atoms with Crippen molar-refractivity contribution in [2.45, 2.75) is 134 Å². The molecule has 0 spiro atoms. The Bertz CT molecular complexity index is 1560. The summed E-state index contributed by atoms with van der Waals surface area (Å²) >= 11 is 0. The lowest BCUT2D eigenvalue weighted by atomic mass is 9.95. The molecule has 4 atom stereocenters. The van der Waals surface area contributed by atoms with Crippen LogP contribution in [0.15, 0.2) is 36.4 Å². The molecule has 4 heterocycles. The third-order valence-corrected chi connectivity index (χ3v) is 12.5. The fourth-order valence-electron chi connectivity index (χ4n) is 9.85. The molecule has 4 saturated heterocycles. The van der Waals surface area contributed by atoms with Crippen LogP contribution in [0.25, 0.3) is 0 Å². The van der Waals surface area contributed by atoms with Crippen molar-refractivity contribution < 1.29 is 90.5 Å². The highest BCUT2D eigenvalue weighted by molar-refractivity contribution is 5.73. The number of nitrogens with zero attached hydrogens (tertiary/aromatic N) is 2. The second-order valence-electron chi connectivity index (χ2n) is 16.0.